The monoisotopic (exact) mass is 570 g/mol. The standard InChI is InChI=1S/C33H35BrN2O2/c1-22-12-13-24-14-15-25(34)20-27(24)31(22)32(3,4)23(2)10-9-11-30-33(18-7-6-8-19-33)28-21-26(36(37)38)16-17-29(28)35(30)5/h9-17,20-21H,2,6-8,18-19H2,1,3-5H3/b10-9+,30-11+. The maximum absolute atomic E-state index is 11.6. The lowest BCUT2D eigenvalue weighted by Crippen LogP contribution is -2.31. The van der Waals surface area contributed by atoms with Crippen LogP contribution in [0.15, 0.2) is 89.1 Å². The van der Waals surface area contributed by atoms with Crippen LogP contribution in [0, 0.1) is 17.0 Å². The van der Waals surface area contributed by atoms with Crippen molar-refractivity contribution in [3.63, 3.8) is 0 Å². The van der Waals surface area contributed by atoms with E-state index < -0.39 is 0 Å². The van der Waals surface area contributed by atoms with Gasteiger partial charge in [-0.3, -0.25) is 10.1 Å². The molecule has 1 aliphatic heterocycles. The zero-order valence-corrected chi connectivity index (χ0v) is 24.3. The van der Waals surface area contributed by atoms with Gasteiger partial charge >= 0.3 is 0 Å². The Morgan fingerprint density at radius 3 is 2.53 bits per heavy atom. The zero-order chi connectivity index (χ0) is 27.2. The zero-order valence-electron chi connectivity index (χ0n) is 22.7. The molecule has 2 aliphatic rings. The Kier molecular flexibility index (Phi) is 6.85. The first-order chi connectivity index (χ1) is 18.1. The number of aryl methyl sites for hydroxylation is 1. The number of benzene rings is 3. The third kappa shape index (κ3) is 4.31. The van der Waals surface area contributed by atoms with Gasteiger partial charge in [0.2, 0.25) is 0 Å². The van der Waals surface area contributed by atoms with E-state index in [1.54, 1.807) is 6.07 Å². The van der Waals surface area contributed by atoms with Gasteiger partial charge < -0.3 is 4.90 Å². The maximum Gasteiger partial charge on any atom is 0.269 e. The van der Waals surface area contributed by atoms with E-state index in [4.69, 9.17) is 0 Å². The number of halogens is 1. The van der Waals surface area contributed by atoms with Gasteiger partial charge in [0.15, 0.2) is 0 Å². The molecule has 1 saturated carbocycles. The molecular formula is C33H35BrN2O2. The van der Waals surface area contributed by atoms with Crippen molar-refractivity contribution < 1.29 is 4.92 Å². The Labute approximate surface area is 234 Å². The van der Waals surface area contributed by atoms with E-state index in [1.165, 1.54) is 34.0 Å². The quantitative estimate of drug-likeness (QED) is 0.174. The summed E-state index contributed by atoms with van der Waals surface area (Å²) in [5.74, 6) is 0. The first-order valence-electron chi connectivity index (χ1n) is 13.4. The summed E-state index contributed by atoms with van der Waals surface area (Å²) in [4.78, 5) is 13.5. The van der Waals surface area contributed by atoms with Crippen LogP contribution in [0.25, 0.3) is 10.8 Å². The molecular weight excluding hydrogens is 536 g/mol. The summed E-state index contributed by atoms with van der Waals surface area (Å²) in [7, 11) is 2.09. The van der Waals surface area contributed by atoms with Crippen LogP contribution in [0.4, 0.5) is 11.4 Å². The summed E-state index contributed by atoms with van der Waals surface area (Å²) in [5, 5.41) is 14.0. The Hall–Kier alpha value is -3.18. The average molecular weight is 572 g/mol. The van der Waals surface area contributed by atoms with Gasteiger partial charge in [-0.15, -0.1) is 0 Å². The first-order valence-corrected chi connectivity index (χ1v) is 14.2. The number of hydrogen-bond donors (Lipinski definition) is 0. The predicted molar refractivity (Wildman–Crippen MR) is 162 cm³/mol. The third-order valence-corrected chi connectivity index (χ3v) is 9.29. The molecule has 0 atom stereocenters. The predicted octanol–water partition coefficient (Wildman–Crippen LogP) is 9.44. The van der Waals surface area contributed by atoms with Crippen LogP contribution in [-0.4, -0.2) is 12.0 Å². The normalized spacial score (nSPS) is 18.0. The van der Waals surface area contributed by atoms with E-state index in [2.05, 4.69) is 104 Å². The molecule has 0 radical (unpaired) electrons. The summed E-state index contributed by atoms with van der Waals surface area (Å²) < 4.78 is 1.07. The first kappa shape index (κ1) is 26.4. The van der Waals surface area contributed by atoms with Crippen molar-refractivity contribution >= 4 is 38.1 Å². The van der Waals surface area contributed by atoms with Crippen molar-refractivity contribution in [2.45, 2.75) is 63.7 Å². The lowest BCUT2D eigenvalue weighted by molar-refractivity contribution is -0.384. The Balaban J connectivity index is 1.52. The maximum atomic E-state index is 11.6. The van der Waals surface area contributed by atoms with Crippen LogP contribution in [0.5, 0.6) is 0 Å². The second-order valence-corrected chi connectivity index (χ2v) is 12.3. The molecule has 1 heterocycles. The molecule has 1 aliphatic carbocycles. The minimum Gasteiger partial charge on any atom is -0.347 e. The van der Waals surface area contributed by atoms with Crippen LogP contribution in [0.2, 0.25) is 0 Å². The van der Waals surface area contributed by atoms with Gasteiger partial charge in [0.05, 0.1) is 4.92 Å². The largest absolute Gasteiger partial charge is 0.347 e. The molecule has 0 unspecified atom stereocenters. The van der Waals surface area contributed by atoms with Crippen molar-refractivity contribution in [3.8, 4) is 0 Å². The molecule has 196 valence electrons. The number of likely N-dealkylation sites (N-methyl/N-ethyl adjacent to an activating group) is 1. The van der Waals surface area contributed by atoms with Crippen LogP contribution < -0.4 is 4.90 Å². The van der Waals surface area contributed by atoms with Gasteiger partial charge in [-0.25, -0.2) is 0 Å². The Morgan fingerprint density at radius 2 is 1.82 bits per heavy atom. The molecule has 1 spiro atoms. The Bertz CT molecular complexity index is 1500. The summed E-state index contributed by atoms with van der Waals surface area (Å²) in [5.41, 5.74) is 6.71. The lowest BCUT2D eigenvalue weighted by Gasteiger charge is -2.36. The highest BCUT2D eigenvalue weighted by atomic mass is 79.9. The van der Waals surface area contributed by atoms with Gasteiger partial charge in [0.1, 0.15) is 0 Å². The van der Waals surface area contributed by atoms with E-state index in [9.17, 15) is 10.1 Å². The van der Waals surface area contributed by atoms with Crippen LogP contribution >= 0.6 is 15.9 Å². The summed E-state index contributed by atoms with van der Waals surface area (Å²) in [6.07, 6.45) is 12.0. The van der Waals surface area contributed by atoms with Crippen molar-refractivity contribution in [2.75, 3.05) is 11.9 Å². The fourth-order valence-corrected chi connectivity index (χ4v) is 7.07. The molecule has 0 amide bonds. The van der Waals surface area contributed by atoms with E-state index in [0.717, 1.165) is 47.0 Å². The van der Waals surface area contributed by atoms with Crippen molar-refractivity contribution in [1.29, 1.82) is 0 Å². The van der Waals surface area contributed by atoms with Gasteiger partial charge in [-0.05, 0) is 77.1 Å². The highest BCUT2D eigenvalue weighted by molar-refractivity contribution is 9.10. The molecule has 0 N–H and O–H groups in total. The van der Waals surface area contributed by atoms with E-state index in [1.807, 2.05) is 12.1 Å². The highest BCUT2D eigenvalue weighted by Crippen LogP contribution is 2.55. The Morgan fingerprint density at radius 1 is 1.11 bits per heavy atom. The molecule has 5 heteroatoms. The van der Waals surface area contributed by atoms with Crippen LogP contribution in [0.3, 0.4) is 0 Å². The molecule has 4 nitrogen and oxygen atoms in total. The lowest BCUT2D eigenvalue weighted by atomic mass is 9.68. The minimum absolute atomic E-state index is 0.172. The fraction of sp³-hybridized carbons (Fsp3) is 0.333. The summed E-state index contributed by atoms with van der Waals surface area (Å²) >= 11 is 3.65. The minimum atomic E-state index is -0.279. The SMILES string of the molecule is C=C(/C=C/C=C1/N(C)c2ccc([N+](=O)[O-])cc2C12CCCCC2)C(C)(C)c1c(C)ccc2ccc(Br)cc12. The van der Waals surface area contributed by atoms with Crippen LogP contribution in [0.1, 0.15) is 62.6 Å². The summed E-state index contributed by atoms with van der Waals surface area (Å²) in [6.45, 7) is 11.2. The van der Waals surface area contributed by atoms with Crippen LogP contribution in [-0.2, 0) is 10.8 Å². The van der Waals surface area contributed by atoms with E-state index >= 15 is 0 Å². The second kappa shape index (κ2) is 9.85. The summed E-state index contributed by atoms with van der Waals surface area (Å²) in [6, 6.07) is 16.2. The molecule has 5 rings (SSSR count). The molecule has 38 heavy (non-hydrogen) atoms. The van der Waals surface area contributed by atoms with Crippen molar-refractivity contribution in [3.05, 3.63) is 116 Å². The number of nitro groups is 1. The third-order valence-electron chi connectivity index (χ3n) is 8.80. The molecule has 3 aromatic rings. The van der Waals surface area contributed by atoms with Gasteiger partial charge in [-0.2, -0.15) is 0 Å². The molecule has 0 saturated heterocycles. The number of allylic oxidation sites excluding steroid dienone is 5. The molecule has 0 aromatic heterocycles. The smallest absolute Gasteiger partial charge is 0.269 e. The topological polar surface area (TPSA) is 46.4 Å². The van der Waals surface area contributed by atoms with E-state index in [0.29, 0.717) is 0 Å². The average Bonchev–Trinajstić information content (AvgIpc) is 3.10. The second-order valence-electron chi connectivity index (χ2n) is 11.3. The van der Waals surface area contributed by atoms with E-state index in [-0.39, 0.29) is 21.4 Å². The number of hydrogen-bond acceptors (Lipinski definition) is 3. The molecule has 0 bridgehead atoms. The molecule has 3 aromatic carbocycles. The van der Waals surface area contributed by atoms with Gasteiger partial charge in [0, 0.05) is 45.9 Å². The van der Waals surface area contributed by atoms with Crippen molar-refractivity contribution in [2.24, 2.45) is 0 Å². The van der Waals surface area contributed by atoms with Gasteiger partial charge in [-0.1, -0.05) is 86.0 Å². The number of non-ortho nitro benzene ring substituents is 1. The number of rotatable bonds is 5. The van der Waals surface area contributed by atoms with Gasteiger partial charge in [0.25, 0.3) is 5.69 Å². The van der Waals surface area contributed by atoms with Crippen molar-refractivity contribution in [1.82, 2.24) is 0 Å². The number of anilines is 1. The molecule has 1 fully saturated rings. The number of nitrogens with zero attached hydrogens (tertiary/aromatic N) is 2. The highest BCUT2D eigenvalue weighted by Gasteiger charge is 2.46. The number of fused-ring (bicyclic) bond motifs is 3. The number of nitro benzene ring substituents is 1. The fourth-order valence-electron chi connectivity index (χ4n) is 6.71.